The van der Waals surface area contributed by atoms with Crippen molar-refractivity contribution in [3.8, 4) is 0 Å². The quantitative estimate of drug-likeness (QED) is 0.708. The summed E-state index contributed by atoms with van der Waals surface area (Å²) >= 11 is 0. The zero-order valence-corrected chi connectivity index (χ0v) is 9.34. The molecule has 0 fully saturated rings. The Morgan fingerprint density at radius 3 is 3.06 bits per heavy atom. The molecule has 0 aliphatic carbocycles. The molecule has 0 atom stereocenters. The number of aromatic nitrogens is 5. The molecular weight excluding hydrogens is 218 g/mol. The third kappa shape index (κ3) is 1.41. The highest BCUT2D eigenvalue weighted by atomic mass is 16.1. The van der Waals surface area contributed by atoms with Crippen LogP contribution in [0.4, 0.5) is 0 Å². The van der Waals surface area contributed by atoms with Crippen LogP contribution in [0.1, 0.15) is 19.2 Å². The predicted octanol–water partition coefficient (Wildman–Crippen LogP) is 0.918. The smallest absolute Gasteiger partial charge is 0.294 e. The second kappa shape index (κ2) is 3.65. The highest BCUT2D eigenvalue weighted by molar-refractivity contribution is 5.72. The highest BCUT2D eigenvalue weighted by Crippen LogP contribution is 2.10. The highest BCUT2D eigenvalue weighted by Gasteiger charge is 2.12. The third-order valence-corrected chi connectivity index (χ3v) is 2.65. The number of hydrogen-bond donors (Lipinski definition) is 1. The van der Waals surface area contributed by atoms with Crippen LogP contribution in [0, 0.1) is 0 Å². The Morgan fingerprint density at radius 1 is 1.35 bits per heavy atom. The second-order valence-corrected chi connectivity index (χ2v) is 3.85. The Labute approximate surface area is 96.3 Å². The van der Waals surface area contributed by atoms with Crippen molar-refractivity contribution in [1.29, 1.82) is 0 Å². The van der Waals surface area contributed by atoms with Crippen LogP contribution >= 0.6 is 0 Å². The molecule has 0 saturated heterocycles. The lowest BCUT2D eigenvalue weighted by Crippen LogP contribution is -2.12. The van der Waals surface area contributed by atoms with Crippen molar-refractivity contribution in [2.45, 2.75) is 19.8 Å². The van der Waals surface area contributed by atoms with E-state index >= 15 is 0 Å². The van der Waals surface area contributed by atoms with Gasteiger partial charge in [-0.1, -0.05) is 6.92 Å². The first-order valence-corrected chi connectivity index (χ1v) is 5.52. The van der Waals surface area contributed by atoms with Crippen LogP contribution in [0.3, 0.4) is 0 Å². The van der Waals surface area contributed by atoms with E-state index in [-0.39, 0.29) is 5.56 Å². The fourth-order valence-electron chi connectivity index (χ4n) is 1.92. The second-order valence-electron chi connectivity index (χ2n) is 3.85. The number of aromatic amines is 1. The first-order valence-electron chi connectivity index (χ1n) is 5.52. The molecule has 0 saturated carbocycles. The van der Waals surface area contributed by atoms with Gasteiger partial charge in [-0.05, 0) is 18.6 Å². The molecule has 0 aliphatic heterocycles. The van der Waals surface area contributed by atoms with Crippen molar-refractivity contribution in [2.24, 2.45) is 0 Å². The van der Waals surface area contributed by atoms with Crippen molar-refractivity contribution in [3.63, 3.8) is 0 Å². The number of fused-ring (bicyclic) bond motifs is 3. The molecule has 86 valence electrons. The van der Waals surface area contributed by atoms with E-state index in [4.69, 9.17) is 0 Å². The maximum atomic E-state index is 11.8. The summed E-state index contributed by atoms with van der Waals surface area (Å²) in [5, 5.41) is 7.97. The van der Waals surface area contributed by atoms with Crippen LogP contribution < -0.4 is 5.56 Å². The summed E-state index contributed by atoms with van der Waals surface area (Å²) in [7, 11) is 0. The van der Waals surface area contributed by atoms with Crippen LogP contribution in [0.2, 0.25) is 0 Å². The van der Waals surface area contributed by atoms with Gasteiger partial charge in [0.1, 0.15) is 5.82 Å². The van der Waals surface area contributed by atoms with E-state index in [9.17, 15) is 4.79 Å². The van der Waals surface area contributed by atoms with Gasteiger partial charge < -0.3 is 4.98 Å². The van der Waals surface area contributed by atoms with Gasteiger partial charge in [0.15, 0.2) is 5.65 Å². The summed E-state index contributed by atoms with van der Waals surface area (Å²) in [6, 6.07) is 3.60. The average Bonchev–Trinajstić information content (AvgIpc) is 2.75. The van der Waals surface area contributed by atoms with Crippen molar-refractivity contribution in [3.05, 3.63) is 34.5 Å². The van der Waals surface area contributed by atoms with Gasteiger partial charge in [0.25, 0.3) is 5.56 Å². The third-order valence-electron chi connectivity index (χ3n) is 2.65. The summed E-state index contributed by atoms with van der Waals surface area (Å²) < 4.78 is 1.73. The van der Waals surface area contributed by atoms with Gasteiger partial charge in [-0.3, -0.25) is 9.20 Å². The van der Waals surface area contributed by atoms with Gasteiger partial charge in [0.2, 0.25) is 5.65 Å². The summed E-state index contributed by atoms with van der Waals surface area (Å²) in [6.07, 6.45) is 3.41. The largest absolute Gasteiger partial charge is 0.316 e. The number of rotatable bonds is 2. The molecule has 0 spiro atoms. The monoisotopic (exact) mass is 229 g/mol. The Kier molecular flexibility index (Phi) is 2.14. The first kappa shape index (κ1) is 9.95. The number of nitrogens with zero attached hydrogens (tertiary/aromatic N) is 4. The molecular formula is C11H11N5O. The zero-order chi connectivity index (χ0) is 11.8. The molecule has 0 bridgehead atoms. The standard InChI is InChI=1S/C11H11N5O/c1-2-4-8-14-15-10-11(17)13-7-5-3-6-12-9(7)16(8)10/h3,5-6H,2,4H2,1H3,(H,13,17). The van der Waals surface area contributed by atoms with Crippen molar-refractivity contribution in [1.82, 2.24) is 24.6 Å². The molecule has 3 aromatic rings. The lowest BCUT2D eigenvalue weighted by Gasteiger charge is -2.02. The molecule has 6 heteroatoms. The molecule has 1 N–H and O–H groups in total. The van der Waals surface area contributed by atoms with Gasteiger partial charge in [-0.25, -0.2) is 4.98 Å². The van der Waals surface area contributed by atoms with E-state index in [2.05, 4.69) is 27.1 Å². The molecule has 3 heterocycles. The van der Waals surface area contributed by atoms with Crippen molar-refractivity contribution >= 4 is 16.8 Å². The molecule has 0 radical (unpaired) electrons. The van der Waals surface area contributed by atoms with Crippen LogP contribution in [0.5, 0.6) is 0 Å². The van der Waals surface area contributed by atoms with E-state index in [1.165, 1.54) is 0 Å². The van der Waals surface area contributed by atoms with Crippen LogP contribution in [0.15, 0.2) is 23.1 Å². The van der Waals surface area contributed by atoms with Crippen molar-refractivity contribution in [2.75, 3.05) is 0 Å². The molecule has 0 aliphatic rings. The summed E-state index contributed by atoms with van der Waals surface area (Å²) in [5.41, 5.74) is 1.46. The first-order chi connectivity index (χ1) is 8.31. The summed E-state index contributed by atoms with van der Waals surface area (Å²) in [6.45, 7) is 2.06. The normalized spacial score (nSPS) is 11.4. The number of pyridine rings is 1. The molecule has 0 amide bonds. The maximum absolute atomic E-state index is 11.8. The number of H-pyrrole nitrogens is 1. The van der Waals surface area contributed by atoms with Crippen LogP contribution in [-0.2, 0) is 6.42 Å². The van der Waals surface area contributed by atoms with Gasteiger partial charge in [-0.2, -0.15) is 0 Å². The maximum Gasteiger partial charge on any atom is 0.294 e. The average molecular weight is 229 g/mol. The molecule has 3 aromatic heterocycles. The Bertz CT molecular complexity index is 742. The minimum absolute atomic E-state index is 0.236. The van der Waals surface area contributed by atoms with Crippen LogP contribution in [0.25, 0.3) is 16.8 Å². The topological polar surface area (TPSA) is 75.9 Å². The van der Waals surface area contributed by atoms with Crippen LogP contribution in [-0.4, -0.2) is 24.6 Å². The van der Waals surface area contributed by atoms with Crippen molar-refractivity contribution < 1.29 is 0 Å². The molecule has 17 heavy (non-hydrogen) atoms. The number of aryl methyl sites for hydroxylation is 1. The lowest BCUT2D eigenvalue weighted by atomic mass is 10.3. The minimum Gasteiger partial charge on any atom is -0.316 e. The minimum atomic E-state index is -0.236. The SMILES string of the molecule is CCCc1nnc2c(=O)[nH]c3cccnc3n12. The zero-order valence-electron chi connectivity index (χ0n) is 9.34. The number of hydrogen-bond acceptors (Lipinski definition) is 4. The van der Waals surface area contributed by atoms with E-state index in [1.54, 1.807) is 16.7 Å². The number of nitrogens with one attached hydrogen (secondary N) is 1. The fourth-order valence-corrected chi connectivity index (χ4v) is 1.92. The molecule has 0 unspecified atom stereocenters. The Hall–Kier alpha value is -2.24. The predicted molar refractivity (Wildman–Crippen MR) is 62.9 cm³/mol. The van der Waals surface area contributed by atoms with E-state index in [0.717, 1.165) is 18.7 Å². The fraction of sp³-hybridized carbons (Fsp3) is 0.273. The van der Waals surface area contributed by atoms with Gasteiger partial charge in [0, 0.05) is 12.6 Å². The van der Waals surface area contributed by atoms with E-state index in [0.29, 0.717) is 16.8 Å². The molecule has 3 rings (SSSR count). The Morgan fingerprint density at radius 2 is 2.24 bits per heavy atom. The molecule has 6 nitrogen and oxygen atoms in total. The van der Waals surface area contributed by atoms with Gasteiger partial charge in [0.05, 0.1) is 5.52 Å². The summed E-state index contributed by atoms with van der Waals surface area (Å²) in [5.74, 6) is 0.775. The van der Waals surface area contributed by atoms with Gasteiger partial charge in [-0.15, -0.1) is 10.2 Å². The molecule has 0 aromatic carbocycles. The van der Waals surface area contributed by atoms with Gasteiger partial charge >= 0.3 is 0 Å². The summed E-state index contributed by atoms with van der Waals surface area (Å²) in [4.78, 5) is 18.8. The van der Waals surface area contributed by atoms with E-state index < -0.39 is 0 Å². The Balaban J connectivity index is 2.51. The lowest BCUT2D eigenvalue weighted by molar-refractivity contribution is 0.822. The van der Waals surface area contributed by atoms with E-state index in [1.807, 2.05) is 6.07 Å².